The van der Waals surface area contributed by atoms with E-state index in [9.17, 15) is 5.11 Å². The van der Waals surface area contributed by atoms with Crippen molar-refractivity contribution in [2.24, 2.45) is 16.7 Å². The van der Waals surface area contributed by atoms with E-state index in [0.29, 0.717) is 18.1 Å². The van der Waals surface area contributed by atoms with Crippen LogP contribution in [0.15, 0.2) is 0 Å². The Hall–Kier alpha value is -0.160. The first-order chi connectivity index (χ1) is 10.8. The molecule has 3 fully saturated rings. The standard InChI is InChI=1S/C19H36N2O2/c1-5-20-8-10-21(11-9-20)13-16(22)14-23-17-18(2,3)15-6-7-19(17,4)12-15/h15-17,22H,5-14H2,1-4H3/t15-,16+,17-,19-/m0/s1. The van der Waals surface area contributed by atoms with Crippen LogP contribution < -0.4 is 0 Å². The summed E-state index contributed by atoms with van der Waals surface area (Å²) in [5.41, 5.74) is 0.597. The smallest absolute Gasteiger partial charge is 0.0900 e. The summed E-state index contributed by atoms with van der Waals surface area (Å²) in [6.07, 6.45) is 3.90. The Morgan fingerprint density at radius 3 is 2.35 bits per heavy atom. The molecule has 23 heavy (non-hydrogen) atoms. The normalized spacial score (nSPS) is 39.0. The summed E-state index contributed by atoms with van der Waals surface area (Å²) >= 11 is 0. The molecule has 1 aliphatic heterocycles. The Bertz CT molecular complexity index is 401. The fourth-order valence-corrected chi connectivity index (χ4v) is 5.52. The molecule has 2 saturated carbocycles. The van der Waals surface area contributed by atoms with Gasteiger partial charge in [0.05, 0.1) is 18.8 Å². The molecule has 0 aromatic rings. The summed E-state index contributed by atoms with van der Waals surface area (Å²) in [5.74, 6) is 0.803. The number of hydrogen-bond donors (Lipinski definition) is 1. The number of aliphatic hydroxyl groups is 1. The van der Waals surface area contributed by atoms with Crippen LogP contribution in [0, 0.1) is 16.7 Å². The molecule has 0 radical (unpaired) electrons. The van der Waals surface area contributed by atoms with Gasteiger partial charge in [0.25, 0.3) is 0 Å². The largest absolute Gasteiger partial charge is 0.389 e. The lowest BCUT2D eigenvalue weighted by Crippen LogP contribution is -2.49. The van der Waals surface area contributed by atoms with E-state index in [1.165, 1.54) is 19.3 Å². The molecule has 2 aliphatic carbocycles. The van der Waals surface area contributed by atoms with Gasteiger partial charge in [0.2, 0.25) is 0 Å². The number of aliphatic hydroxyl groups excluding tert-OH is 1. The lowest BCUT2D eigenvalue weighted by Gasteiger charge is -2.43. The van der Waals surface area contributed by atoms with Crippen molar-refractivity contribution in [3.63, 3.8) is 0 Å². The SMILES string of the molecule is CCN1CCN(C[C@@H](O)CO[C@H]2C(C)(C)[C@H]3CC[C@@]2(C)C3)CC1. The second-order valence-electron chi connectivity index (χ2n) is 9.02. The zero-order valence-electron chi connectivity index (χ0n) is 15.6. The highest BCUT2D eigenvalue weighted by Crippen LogP contribution is 2.63. The average molecular weight is 325 g/mol. The monoisotopic (exact) mass is 324 g/mol. The molecule has 4 heteroatoms. The highest BCUT2D eigenvalue weighted by Gasteiger charge is 2.60. The van der Waals surface area contributed by atoms with Crippen LogP contribution in [-0.4, -0.2) is 73.0 Å². The van der Waals surface area contributed by atoms with E-state index in [4.69, 9.17) is 4.74 Å². The molecule has 3 rings (SSSR count). The third-order valence-corrected chi connectivity index (χ3v) is 6.97. The van der Waals surface area contributed by atoms with E-state index in [1.807, 2.05) is 0 Å². The van der Waals surface area contributed by atoms with Crippen molar-refractivity contribution in [2.75, 3.05) is 45.9 Å². The maximum absolute atomic E-state index is 10.4. The Morgan fingerprint density at radius 2 is 1.78 bits per heavy atom. The first kappa shape index (κ1) is 17.7. The van der Waals surface area contributed by atoms with Crippen LogP contribution in [-0.2, 0) is 4.74 Å². The maximum atomic E-state index is 10.4. The molecule has 1 heterocycles. The molecule has 4 atom stereocenters. The van der Waals surface area contributed by atoms with Crippen molar-refractivity contribution in [2.45, 2.75) is 59.2 Å². The van der Waals surface area contributed by atoms with Gasteiger partial charge in [-0.2, -0.15) is 0 Å². The van der Waals surface area contributed by atoms with Crippen LogP contribution >= 0.6 is 0 Å². The van der Waals surface area contributed by atoms with Crippen molar-refractivity contribution >= 4 is 0 Å². The van der Waals surface area contributed by atoms with Crippen LogP contribution in [0.25, 0.3) is 0 Å². The highest BCUT2D eigenvalue weighted by atomic mass is 16.5. The van der Waals surface area contributed by atoms with Crippen LogP contribution in [0.1, 0.15) is 47.0 Å². The molecule has 0 aromatic heterocycles. The number of β-amino-alcohol motifs (C(OH)–C–C–N with tert-alkyl or cyclic N) is 1. The lowest BCUT2D eigenvalue weighted by molar-refractivity contribution is -0.114. The van der Waals surface area contributed by atoms with Crippen molar-refractivity contribution in [1.82, 2.24) is 9.80 Å². The van der Waals surface area contributed by atoms with Gasteiger partial charge >= 0.3 is 0 Å². The molecule has 0 aromatic carbocycles. The fourth-order valence-electron chi connectivity index (χ4n) is 5.52. The van der Waals surface area contributed by atoms with Gasteiger partial charge in [-0.25, -0.2) is 0 Å². The molecule has 2 bridgehead atoms. The summed E-state index contributed by atoms with van der Waals surface area (Å²) < 4.78 is 6.31. The summed E-state index contributed by atoms with van der Waals surface area (Å²) in [7, 11) is 0. The number of fused-ring (bicyclic) bond motifs is 2. The van der Waals surface area contributed by atoms with Gasteiger partial charge < -0.3 is 14.7 Å². The first-order valence-corrected chi connectivity index (χ1v) is 9.59. The molecule has 0 amide bonds. The van der Waals surface area contributed by atoms with Crippen molar-refractivity contribution < 1.29 is 9.84 Å². The minimum Gasteiger partial charge on any atom is -0.389 e. The Morgan fingerprint density at radius 1 is 1.13 bits per heavy atom. The van der Waals surface area contributed by atoms with Crippen molar-refractivity contribution in [3.05, 3.63) is 0 Å². The van der Waals surface area contributed by atoms with Gasteiger partial charge in [0.1, 0.15) is 0 Å². The minimum atomic E-state index is -0.360. The molecule has 134 valence electrons. The van der Waals surface area contributed by atoms with Crippen LogP contribution in [0.4, 0.5) is 0 Å². The van der Waals surface area contributed by atoms with Crippen LogP contribution in [0.5, 0.6) is 0 Å². The maximum Gasteiger partial charge on any atom is 0.0900 e. The summed E-state index contributed by atoms with van der Waals surface area (Å²) in [6.45, 7) is 16.1. The number of likely N-dealkylation sites (N-methyl/N-ethyl adjacent to an activating group) is 1. The number of piperazine rings is 1. The van der Waals surface area contributed by atoms with Gasteiger partial charge in [-0.15, -0.1) is 0 Å². The third kappa shape index (κ3) is 3.46. The van der Waals surface area contributed by atoms with E-state index in [0.717, 1.165) is 45.2 Å². The molecule has 0 spiro atoms. The third-order valence-electron chi connectivity index (χ3n) is 6.97. The Balaban J connectivity index is 1.45. The second-order valence-corrected chi connectivity index (χ2v) is 9.02. The van der Waals surface area contributed by atoms with Gasteiger partial charge in [-0.05, 0) is 42.6 Å². The van der Waals surface area contributed by atoms with Crippen LogP contribution in [0.2, 0.25) is 0 Å². The molecular weight excluding hydrogens is 288 g/mol. The van der Waals surface area contributed by atoms with E-state index in [1.54, 1.807) is 0 Å². The fraction of sp³-hybridized carbons (Fsp3) is 1.00. The van der Waals surface area contributed by atoms with Crippen molar-refractivity contribution in [1.29, 1.82) is 0 Å². The average Bonchev–Trinajstić information content (AvgIpc) is 2.98. The van der Waals surface area contributed by atoms with E-state index in [-0.39, 0.29) is 11.5 Å². The van der Waals surface area contributed by atoms with E-state index < -0.39 is 0 Å². The highest BCUT2D eigenvalue weighted by molar-refractivity contribution is 5.09. The van der Waals surface area contributed by atoms with Gasteiger partial charge in [-0.3, -0.25) is 4.90 Å². The van der Waals surface area contributed by atoms with Crippen LogP contribution in [0.3, 0.4) is 0 Å². The molecule has 3 aliphatic rings. The predicted octanol–water partition coefficient (Wildman–Crippen LogP) is 2.22. The minimum absolute atomic E-state index is 0.263. The summed E-state index contributed by atoms with van der Waals surface area (Å²) in [4.78, 5) is 4.85. The number of ether oxygens (including phenoxy) is 1. The predicted molar refractivity (Wildman–Crippen MR) is 93.5 cm³/mol. The Kier molecular flexibility index (Phi) is 5.09. The number of hydrogen-bond acceptors (Lipinski definition) is 4. The summed E-state index contributed by atoms with van der Waals surface area (Å²) in [5, 5.41) is 10.4. The second kappa shape index (κ2) is 6.62. The zero-order valence-corrected chi connectivity index (χ0v) is 15.6. The van der Waals surface area contributed by atoms with Crippen molar-refractivity contribution in [3.8, 4) is 0 Å². The van der Waals surface area contributed by atoms with Gasteiger partial charge in [0, 0.05) is 32.7 Å². The van der Waals surface area contributed by atoms with Gasteiger partial charge in [-0.1, -0.05) is 27.7 Å². The lowest BCUT2D eigenvalue weighted by atomic mass is 9.70. The zero-order chi connectivity index (χ0) is 16.7. The van der Waals surface area contributed by atoms with Gasteiger partial charge in [0.15, 0.2) is 0 Å². The van der Waals surface area contributed by atoms with E-state index >= 15 is 0 Å². The van der Waals surface area contributed by atoms with E-state index in [2.05, 4.69) is 37.5 Å². The topological polar surface area (TPSA) is 35.9 Å². The molecular formula is C19H36N2O2. The molecule has 1 N–H and O–H groups in total. The number of rotatable bonds is 6. The number of nitrogens with zero attached hydrogens (tertiary/aromatic N) is 2. The first-order valence-electron chi connectivity index (χ1n) is 9.59. The quantitative estimate of drug-likeness (QED) is 0.813. The molecule has 4 nitrogen and oxygen atoms in total. The summed E-state index contributed by atoms with van der Waals surface area (Å²) in [6, 6.07) is 0. The molecule has 1 saturated heterocycles. The molecule has 0 unspecified atom stereocenters. The Labute approximate surface area is 142 Å².